The van der Waals surface area contributed by atoms with E-state index < -0.39 is 5.97 Å². The van der Waals surface area contributed by atoms with Crippen LogP contribution in [0.25, 0.3) is 0 Å². The molecule has 110 valence electrons. The van der Waals surface area contributed by atoms with Crippen molar-refractivity contribution in [2.24, 2.45) is 5.92 Å². The number of carbonyl (C=O) groups excluding carboxylic acids is 1. The number of ether oxygens (including phenoxy) is 1. The van der Waals surface area contributed by atoms with Gasteiger partial charge in [0, 0.05) is 32.1 Å². The van der Waals surface area contributed by atoms with Crippen LogP contribution in [0, 0.1) is 5.92 Å². The molecule has 2 N–H and O–H groups in total. The minimum atomic E-state index is -0.719. The van der Waals surface area contributed by atoms with Crippen LogP contribution >= 0.6 is 0 Å². The van der Waals surface area contributed by atoms with Crippen molar-refractivity contribution in [1.29, 1.82) is 0 Å². The van der Waals surface area contributed by atoms with Gasteiger partial charge in [0.1, 0.15) is 0 Å². The van der Waals surface area contributed by atoms with Crippen LogP contribution in [0.2, 0.25) is 0 Å². The van der Waals surface area contributed by atoms with Gasteiger partial charge in [-0.2, -0.15) is 0 Å². The Labute approximate surface area is 114 Å². The van der Waals surface area contributed by atoms with Crippen molar-refractivity contribution in [3.8, 4) is 0 Å². The summed E-state index contributed by atoms with van der Waals surface area (Å²) in [7, 11) is 0. The van der Waals surface area contributed by atoms with Crippen molar-refractivity contribution in [3.05, 3.63) is 0 Å². The van der Waals surface area contributed by atoms with Gasteiger partial charge >= 0.3 is 5.97 Å². The van der Waals surface area contributed by atoms with E-state index in [2.05, 4.69) is 5.32 Å². The van der Waals surface area contributed by atoms with Gasteiger partial charge in [-0.3, -0.25) is 9.59 Å². The fourth-order valence-corrected chi connectivity index (χ4v) is 2.25. The molecule has 0 atom stereocenters. The average Bonchev–Trinajstić information content (AvgIpc) is 2.42. The SMILES string of the molecule is O=C(O)CCCCCCCNC(=O)C1CCOCC1. The van der Waals surface area contributed by atoms with Gasteiger partial charge in [0.2, 0.25) is 5.91 Å². The number of unbranched alkanes of at least 4 members (excludes halogenated alkanes) is 4. The maximum Gasteiger partial charge on any atom is 0.303 e. The molecule has 1 amide bonds. The Hall–Kier alpha value is -1.10. The third-order valence-electron chi connectivity index (χ3n) is 3.46. The quantitative estimate of drug-likeness (QED) is 0.628. The van der Waals surface area contributed by atoms with Crippen molar-refractivity contribution in [2.75, 3.05) is 19.8 Å². The number of carbonyl (C=O) groups is 2. The third kappa shape index (κ3) is 7.82. The molecule has 0 aromatic carbocycles. The molecule has 0 radical (unpaired) electrons. The number of amides is 1. The van der Waals surface area contributed by atoms with Crippen LogP contribution in [0.3, 0.4) is 0 Å². The maximum absolute atomic E-state index is 11.8. The minimum Gasteiger partial charge on any atom is -0.481 e. The van der Waals surface area contributed by atoms with Crippen LogP contribution in [0.5, 0.6) is 0 Å². The molecule has 1 aliphatic rings. The van der Waals surface area contributed by atoms with Gasteiger partial charge in [0.15, 0.2) is 0 Å². The van der Waals surface area contributed by atoms with Gasteiger partial charge in [0.25, 0.3) is 0 Å². The first-order valence-corrected chi connectivity index (χ1v) is 7.27. The highest BCUT2D eigenvalue weighted by Gasteiger charge is 2.20. The molecule has 0 aromatic rings. The largest absolute Gasteiger partial charge is 0.481 e. The first-order valence-electron chi connectivity index (χ1n) is 7.27. The molecule has 0 saturated carbocycles. The molecule has 0 spiro atoms. The number of hydrogen-bond donors (Lipinski definition) is 2. The summed E-state index contributed by atoms with van der Waals surface area (Å²) in [5.41, 5.74) is 0. The average molecular weight is 271 g/mol. The highest BCUT2D eigenvalue weighted by molar-refractivity contribution is 5.78. The van der Waals surface area contributed by atoms with Crippen molar-refractivity contribution in [3.63, 3.8) is 0 Å². The van der Waals surface area contributed by atoms with Gasteiger partial charge in [0.05, 0.1) is 0 Å². The molecule has 5 heteroatoms. The molecule has 0 aliphatic carbocycles. The highest BCUT2D eigenvalue weighted by Crippen LogP contribution is 2.14. The van der Waals surface area contributed by atoms with E-state index in [0.29, 0.717) is 13.2 Å². The van der Waals surface area contributed by atoms with Crippen LogP contribution in [-0.4, -0.2) is 36.7 Å². The Bertz CT molecular complexity index is 275. The first kappa shape index (κ1) is 16.0. The Morgan fingerprint density at radius 3 is 2.37 bits per heavy atom. The number of carboxylic acids is 1. The summed E-state index contributed by atoms with van der Waals surface area (Å²) in [6.45, 7) is 2.12. The second-order valence-corrected chi connectivity index (χ2v) is 5.09. The summed E-state index contributed by atoms with van der Waals surface area (Å²) >= 11 is 0. The maximum atomic E-state index is 11.8. The predicted octanol–water partition coefficient (Wildman–Crippen LogP) is 1.95. The lowest BCUT2D eigenvalue weighted by molar-refractivity contribution is -0.137. The van der Waals surface area contributed by atoms with Gasteiger partial charge < -0.3 is 15.2 Å². The number of hydrogen-bond acceptors (Lipinski definition) is 3. The van der Waals surface area contributed by atoms with Gasteiger partial charge in [-0.05, 0) is 25.7 Å². The fraction of sp³-hybridized carbons (Fsp3) is 0.857. The van der Waals surface area contributed by atoms with E-state index in [0.717, 1.165) is 51.5 Å². The van der Waals surface area contributed by atoms with E-state index in [1.807, 2.05) is 0 Å². The van der Waals surface area contributed by atoms with Crippen LogP contribution in [0.1, 0.15) is 51.4 Å². The number of nitrogens with one attached hydrogen (secondary N) is 1. The summed E-state index contributed by atoms with van der Waals surface area (Å²) in [6.07, 6.45) is 6.71. The van der Waals surface area contributed by atoms with E-state index in [-0.39, 0.29) is 18.2 Å². The Morgan fingerprint density at radius 2 is 1.68 bits per heavy atom. The summed E-state index contributed by atoms with van der Waals surface area (Å²) in [5, 5.41) is 11.5. The van der Waals surface area contributed by atoms with Gasteiger partial charge in [-0.15, -0.1) is 0 Å². The summed E-state index contributed by atoms with van der Waals surface area (Å²) in [5.74, 6) is -0.429. The Kier molecular flexibility index (Phi) is 8.21. The minimum absolute atomic E-state index is 0.129. The molecule has 1 saturated heterocycles. The Morgan fingerprint density at radius 1 is 1.05 bits per heavy atom. The van der Waals surface area contributed by atoms with Crippen molar-refractivity contribution in [2.45, 2.75) is 51.4 Å². The molecule has 0 aromatic heterocycles. The zero-order valence-corrected chi connectivity index (χ0v) is 11.5. The molecular formula is C14H25NO4. The van der Waals surface area contributed by atoms with Crippen LogP contribution in [0.4, 0.5) is 0 Å². The number of rotatable bonds is 9. The molecule has 1 fully saturated rings. The van der Waals surface area contributed by atoms with E-state index in [1.54, 1.807) is 0 Å². The first-order chi connectivity index (χ1) is 9.20. The molecule has 19 heavy (non-hydrogen) atoms. The normalized spacial score (nSPS) is 16.2. The van der Waals surface area contributed by atoms with Crippen molar-refractivity contribution in [1.82, 2.24) is 5.32 Å². The molecular weight excluding hydrogens is 246 g/mol. The van der Waals surface area contributed by atoms with Gasteiger partial charge in [-0.25, -0.2) is 0 Å². The lowest BCUT2D eigenvalue weighted by Crippen LogP contribution is -2.34. The second-order valence-electron chi connectivity index (χ2n) is 5.09. The Balaban J connectivity index is 1.89. The van der Waals surface area contributed by atoms with E-state index in [1.165, 1.54) is 0 Å². The molecule has 1 heterocycles. The molecule has 5 nitrogen and oxygen atoms in total. The van der Waals surface area contributed by atoms with Crippen LogP contribution in [0.15, 0.2) is 0 Å². The standard InChI is InChI=1S/C14H25NO4/c16-13(17)6-4-2-1-3-5-9-15-14(18)12-7-10-19-11-8-12/h12H,1-11H2,(H,15,18)(H,16,17). The van der Waals surface area contributed by atoms with Crippen molar-refractivity contribution >= 4 is 11.9 Å². The van der Waals surface area contributed by atoms with E-state index >= 15 is 0 Å². The zero-order valence-electron chi connectivity index (χ0n) is 11.5. The van der Waals surface area contributed by atoms with Crippen molar-refractivity contribution < 1.29 is 19.4 Å². The summed E-state index contributed by atoms with van der Waals surface area (Å²) in [6, 6.07) is 0. The zero-order chi connectivity index (χ0) is 13.9. The lowest BCUT2D eigenvalue weighted by atomic mass is 9.99. The van der Waals surface area contributed by atoms with Crippen LogP contribution in [-0.2, 0) is 14.3 Å². The summed E-state index contributed by atoms with van der Waals surface area (Å²) < 4.78 is 5.23. The molecule has 1 rings (SSSR count). The van der Waals surface area contributed by atoms with Crippen LogP contribution < -0.4 is 5.32 Å². The summed E-state index contributed by atoms with van der Waals surface area (Å²) in [4.78, 5) is 22.1. The number of carboxylic acid groups (broad SMARTS) is 1. The molecule has 0 unspecified atom stereocenters. The smallest absolute Gasteiger partial charge is 0.303 e. The lowest BCUT2D eigenvalue weighted by Gasteiger charge is -2.21. The van der Waals surface area contributed by atoms with Gasteiger partial charge in [-0.1, -0.05) is 19.3 Å². The highest BCUT2D eigenvalue weighted by atomic mass is 16.5. The molecule has 1 aliphatic heterocycles. The predicted molar refractivity (Wildman–Crippen MR) is 71.9 cm³/mol. The molecule has 0 bridgehead atoms. The third-order valence-corrected chi connectivity index (χ3v) is 3.46. The van der Waals surface area contributed by atoms with E-state index in [4.69, 9.17) is 9.84 Å². The van der Waals surface area contributed by atoms with E-state index in [9.17, 15) is 9.59 Å². The fourth-order valence-electron chi connectivity index (χ4n) is 2.25. The second kappa shape index (κ2) is 9.78. The topological polar surface area (TPSA) is 75.6 Å². The monoisotopic (exact) mass is 271 g/mol. The number of aliphatic carboxylic acids is 1.